The molecule has 0 atom stereocenters. The van der Waals surface area contributed by atoms with Crippen LogP contribution < -0.4 is 15.6 Å². The van der Waals surface area contributed by atoms with Crippen LogP contribution in [0, 0.1) is 12.7 Å². The summed E-state index contributed by atoms with van der Waals surface area (Å²) in [4.78, 5) is 35.7. The summed E-state index contributed by atoms with van der Waals surface area (Å²) < 4.78 is 21.8. The Hall–Kier alpha value is -3.59. The van der Waals surface area contributed by atoms with E-state index < -0.39 is 5.82 Å². The SMILES string of the molecule is Cc1c(C(=O)NCc2ccc(Oc3cccnc3)c(F)c2)sc2nc3n(c(=O)c12)CCCCC3. The third-order valence-corrected chi connectivity index (χ3v) is 7.11. The number of nitrogens with zero attached hydrogens (tertiary/aromatic N) is 3. The Morgan fingerprint density at radius 1 is 1.26 bits per heavy atom. The molecule has 7 nitrogen and oxygen atoms in total. The van der Waals surface area contributed by atoms with E-state index >= 15 is 0 Å². The van der Waals surface area contributed by atoms with E-state index in [1.807, 2.05) is 0 Å². The van der Waals surface area contributed by atoms with Crippen molar-refractivity contribution in [1.82, 2.24) is 19.9 Å². The number of ether oxygens (including phenoxy) is 1. The van der Waals surface area contributed by atoms with E-state index in [1.54, 1.807) is 35.9 Å². The number of carbonyl (C=O) groups excluding carboxylic acids is 1. The van der Waals surface area contributed by atoms with Gasteiger partial charge >= 0.3 is 0 Å². The summed E-state index contributed by atoms with van der Waals surface area (Å²) in [7, 11) is 0. The summed E-state index contributed by atoms with van der Waals surface area (Å²) in [5.41, 5.74) is 1.16. The lowest BCUT2D eigenvalue weighted by molar-refractivity contribution is 0.0954. The number of pyridine rings is 1. The normalized spacial score (nSPS) is 13.4. The number of hydrogen-bond donors (Lipinski definition) is 1. The van der Waals surface area contributed by atoms with Crippen molar-refractivity contribution in [1.29, 1.82) is 0 Å². The van der Waals surface area contributed by atoms with Crippen molar-refractivity contribution in [2.45, 2.75) is 45.7 Å². The lowest BCUT2D eigenvalue weighted by Crippen LogP contribution is -2.25. The highest BCUT2D eigenvalue weighted by molar-refractivity contribution is 7.20. The Bertz CT molecular complexity index is 1430. The van der Waals surface area contributed by atoms with Crippen LogP contribution in [0.4, 0.5) is 4.39 Å². The number of amides is 1. The number of benzene rings is 1. The van der Waals surface area contributed by atoms with E-state index in [0.29, 0.717) is 38.5 Å². The number of thiophene rings is 1. The lowest BCUT2D eigenvalue weighted by Gasteiger charge is -2.09. The second-order valence-corrected chi connectivity index (χ2v) is 9.27. The Kier molecular flexibility index (Phi) is 6.10. The van der Waals surface area contributed by atoms with E-state index in [4.69, 9.17) is 9.72 Å². The minimum Gasteiger partial charge on any atom is -0.453 e. The van der Waals surface area contributed by atoms with Crippen LogP contribution in [-0.4, -0.2) is 20.4 Å². The van der Waals surface area contributed by atoms with Crippen molar-refractivity contribution in [2.24, 2.45) is 0 Å². The quantitative estimate of drug-likeness (QED) is 0.447. The van der Waals surface area contributed by atoms with Gasteiger partial charge in [0.25, 0.3) is 11.5 Å². The first-order valence-corrected chi connectivity index (χ1v) is 12.0. The zero-order valence-electron chi connectivity index (χ0n) is 18.6. The minimum absolute atomic E-state index is 0.0685. The van der Waals surface area contributed by atoms with Gasteiger partial charge in [-0.25, -0.2) is 9.37 Å². The molecule has 4 aromatic rings. The monoisotopic (exact) mass is 478 g/mol. The van der Waals surface area contributed by atoms with Crippen LogP contribution in [0.25, 0.3) is 10.2 Å². The van der Waals surface area contributed by atoms with E-state index in [0.717, 1.165) is 31.5 Å². The third-order valence-electron chi connectivity index (χ3n) is 5.93. The van der Waals surface area contributed by atoms with Gasteiger partial charge in [0.15, 0.2) is 11.6 Å². The zero-order valence-corrected chi connectivity index (χ0v) is 19.5. The van der Waals surface area contributed by atoms with Gasteiger partial charge in [0.2, 0.25) is 0 Å². The molecule has 1 aliphatic rings. The summed E-state index contributed by atoms with van der Waals surface area (Å²) in [5, 5.41) is 3.35. The summed E-state index contributed by atoms with van der Waals surface area (Å²) >= 11 is 1.23. The molecule has 1 aromatic carbocycles. The van der Waals surface area contributed by atoms with Gasteiger partial charge in [-0.1, -0.05) is 12.5 Å². The van der Waals surface area contributed by atoms with E-state index in [-0.39, 0.29) is 23.8 Å². The van der Waals surface area contributed by atoms with E-state index in [1.165, 1.54) is 29.7 Å². The van der Waals surface area contributed by atoms with E-state index in [9.17, 15) is 14.0 Å². The molecule has 34 heavy (non-hydrogen) atoms. The number of rotatable bonds is 5. The van der Waals surface area contributed by atoms with Gasteiger partial charge in [0.1, 0.15) is 16.4 Å². The molecule has 9 heteroatoms. The number of halogens is 1. The largest absolute Gasteiger partial charge is 0.453 e. The molecule has 0 saturated carbocycles. The van der Waals surface area contributed by atoms with Crippen LogP contribution >= 0.6 is 11.3 Å². The third kappa shape index (κ3) is 4.31. The fourth-order valence-corrected chi connectivity index (χ4v) is 5.27. The van der Waals surface area contributed by atoms with Crippen LogP contribution in [-0.2, 0) is 19.5 Å². The first-order chi connectivity index (χ1) is 16.5. The van der Waals surface area contributed by atoms with Gasteiger partial charge in [0, 0.05) is 25.7 Å². The fraction of sp³-hybridized carbons (Fsp3) is 0.280. The highest BCUT2D eigenvalue weighted by atomic mass is 32.1. The molecule has 1 aliphatic heterocycles. The predicted molar refractivity (Wildman–Crippen MR) is 128 cm³/mol. The van der Waals surface area contributed by atoms with Crippen molar-refractivity contribution in [2.75, 3.05) is 0 Å². The van der Waals surface area contributed by atoms with Gasteiger partial charge < -0.3 is 10.1 Å². The van der Waals surface area contributed by atoms with Crippen LogP contribution in [0.5, 0.6) is 11.5 Å². The minimum atomic E-state index is -0.535. The highest BCUT2D eigenvalue weighted by Crippen LogP contribution is 2.29. The Morgan fingerprint density at radius 3 is 2.94 bits per heavy atom. The molecule has 3 aromatic heterocycles. The molecule has 174 valence electrons. The smallest absolute Gasteiger partial charge is 0.262 e. The molecule has 0 unspecified atom stereocenters. The number of carbonyl (C=O) groups is 1. The molecule has 0 spiro atoms. The van der Waals surface area contributed by atoms with Gasteiger partial charge in [-0.2, -0.15) is 0 Å². The Labute approximate surface area is 199 Å². The standard InChI is InChI=1S/C25H23FN4O3S/c1-15-21-24(29-20-7-3-2-4-11-30(20)25(21)32)34-22(15)23(31)28-13-16-8-9-19(18(26)12-16)33-17-6-5-10-27-14-17/h5-6,8-10,12,14H,2-4,7,11,13H2,1H3,(H,28,31). The zero-order chi connectivity index (χ0) is 23.7. The average Bonchev–Trinajstić information content (AvgIpc) is 3.00. The molecule has 5 rings (SSSR count). The van der Waals surface area contributed by atoms with Crippen LogP contribution in [0.1, 0.15) is 45.9 Å². The Balaban J connectivity index is 1.33. The van der Waals surface area contributed by atoms with Crippen LogP contribution in [0.2, 0.25) is 0 Å². The number of fused-ring (bicyclic) bond motifs is 2. The first kappa shape index (κ1) is 22.2. The number of aryl methyl sites for hydroxylation is 2. The second kappa shape index (κ2) is 9.34. The Morgan fingerprint density at radius 2 is 2.15 bits per heavy atom. The average molecular weight is 479 g/mol. The molecule has 0 fully saturated rings. The first-order valence-electron chi connectivity index (χ1n) is 11.2. The maximum atomic E-state index is 14.5. The summed E-state index contributed by atoms with van der Waals surface area (Å²) in [5.74, 6) is 0.468. The number of aromatic nitrogens is 3. The van der Waals surface area contributed by atoms with Crippen molar-refractivity contribution >= 4 is 27.5 Å². The van der Waals surface area contributed by atoms with Crippen molar-refractivity contribution in [3.8, 4) is 11.5 Å². The number of nitrogens with one attached hydrogen (secondary N) is 1. The molecular weight excluding hydrogens is 455 g/mol. The van der Waals surface area contributed by atoms with Crippen LogP contribution in [0.3, 0.4) is 0 Å². The number of hydrogen-bond acceptors (Lipinski definition) is 6. The molecule has 0 aliphatic carbocycles. The van der Waals surface area contributed by atoms with Crippen molar-refractivity contribution in [3.05, 3.63) is 80.7 Å². The molecule has 4 heterocycles. The van der Waals surface area contributed by atoms with Gasteiger partial charge in [0.05, 0.1) is 16.5 Å². The molecule has 1 N–H and O–H groups in total. The molecule has 1 amide bonds. The fourth-order valence-electron chi connectivity index (χ4n) is 4.16. The lowest BCUT2D eigenvalue weighted by atomic mass is 10.2. The maximum Gasteiger partial charge on any atom is 0.262 e. The molecular formula is C25H23FN4O3S. The van der Waals surface area contributed by atoms with Crippen molar-refractivity contribution in [3.63, 3.8) is 0 Å². The molecule has 0 saturated heterocycles. The molecule has 0 bridgehead atoms. The van der Waals surface area contributed by atoms with Gasteiger partial charge in [-0.05, 0) is 55.2 Å². The van der Waals surface area contributed by atoms with Gasteiger partial charge in [-0.3, -0.25) is 19.1 Å². The summed E-state index contributed by atoms with van der Waals surface area (Å²) in [6, 6.07) is 7.93. The predicted octanol–water partition coefficient (Wildman–Crippen LogP) is 4.75. The maximum absolute atomic E-state index is 14.5. The molecule has 0 radical (unpaired) electrons. The second-order valence-electron chi connectivity index (χ2n) is 8.27. The highest BCUT2D eigenvalue weighted by Gasteiger charge is 2.22. The van der Waals surface area contributed by atoms with Crippen molar-refractivity contribution < 1.29 is 13.9 Å². The summed E-state index contributed by atoms with van der Waals surface area (Å²) in [6.07, 6.45) is 6.93. The topological polar surface area (TPSA) is 86.1 Å². The van der Waals surface area contributed by atoms with E-state index in [2.05, 4.69) is 10.3 Å². The summed E-state index contributed by atoms with van der Waals surface area (Å²) in [6.45, 7) is 2.59. The van der Waals surface area contributed by atoms with Gasteiger partial charge in [-0.15, -0.1) is 11.3 Å². The van der Waals surface area contributed by atoms with Crippen LogP contribution in [0.15, 0.2) is 47.5 Å².